The Hall–Kier alpha value is -2.25. The molecule has 0 radical (unpaired) electrons. The molecule has 1 aromatic heterocycles. The number of rotatable bonds is 4. The third kappa shape index (κ3) is 3.88. The molecule has 0 fully saturated rings. The molecular formula is C18H14Br2N2O3. The number of hydrogen-bond donors (Lipinski definition) is 2. The summed E-state index contributed by atoms with van der Waals surface area (Å²) < 4.78 is 12.5. The standard InChI is InChI=1S/C18H14Br2N2O3/c1-24-16-9-12(21)8-13(20)17(16)22-18(23)15-7-6-14(25-15)10-2-4-11(19)5-3-10/h2-9H,21H2,1H3,(H,22,23). The Morgan fingerprint density at radius 2 is 1.84 bits per heavy atom. The number of ether oxygens (including phenoxy) is 1. The molecule has 0 spiro atoms. The van der Waals surface area contributed by atoms with Crippen LogP contribution in [0.4, 0.5) is 11.4 Å². The van der Waals surface area contributed by atoms with E-state index in [9.17, 15) is 4.79 Å². The predicted molar refractivity (Wildman–Crippen MR) is 105 cm³/mol. The average molecular weight is 466 g/mol. The molecule has 25 heavy (non-hydrogen) atoms. The highest BCUT2D eigenvalue weighted by Crippen LogP contribution is 2.35. The largest absolute Gasteiger partial charge is 0.494 e. The van der Waals surface area contributed by atoms with Crippen molar-refractivity contribution in [2.75, 3.05) is 18.2 Å². The van der Waals surface area contributed by atoms with E-state index in [0.29, 0.717) is 27.4 Å². The minimum Gasteiger partial charge on any atom is -0.494 e. The maximum atomic E-state index is 12.5. The van der Waals surface area contributed by atoms with Crippen LogP contribution in [0.1, 0.15) is 10.6 Å². The van der Waals surface area contributed by atoms with Crippen LogP contribution in [0.15, 0.2) is 61.9 Å². The third-order valence-corrected chi connectivity index (χ3v) is 4.65. The van der Waals surface area contributed by atoms with E-state index in [1.807, 2.05) is 24.3 Å². The van der Waals surface area contributed by atoms with E-state index in [4.69, 9.17) is 14.9 Å². The van der Waals surface area contributed by atoms with Crippen LogP contribution in [0.2, 0.25) is 0 Å². The number of nitrogens with one attached hydrogen (secondary N) is 1. The summed E-state index contributed by atoms with van der Waals surface area (Å²) in [4.78, 5) is 12.5. The Bertz CT molecular complexity index is 921. The van der Waals surface area contributed by atoms with Crippen molar-refractivity contribution < 1.29 is 13.9 Å². The molecule has 3 N–H and O–H groups in total. The summed E-state index contributed by atoms with van der Waals surface area (Å²) in [6, 6.07) is 14.3. The van der Waals surface area contributed by atoms with Crippen molar-refractivity contribution in [1.29, 1.82) is 0 Å². The molecule has 3 aromatic rings. The van der Waals surface area contributed by atoms with E-state index < -0.39 is 0 Å². The molecule has 128 valence electrons. The minimum atomic E-state index is -0.382. The highest BCUT2D eigenvalue weighted by Gasteiger charge is 2.17. The first-order valence-corrected chi connectivity index (χ1v) is 8.86. The summed E-state index contributed by atoms with van der Waals surface area (Å²) in [6.45, 7) is 0. The molecule has 0 bridgehead atoms. The van der Waals surface area contributed by atoms with Crippen LogP contribution in [0.25, 0.3) is 11.3 Å². The number of amides is 1. The lowest BCUT2D eigenvalue weighted by Gasteiger charge is -2.12. The van der Waals surface area contributed by atoms with Gasteiger partial charge in [-0.1, -0.05) is 28.1 Å². The van der Waals surface area contributed by atoms with E-state index in [1.54, 1.807) is 24.3 Å². The highest BCUT2D eigenvalue weighted by atomic mass is 79.9. The van der Waals surface area contributed by atoms with Gasteiger partial charge < -0.3 is 20.2 Å². The third-order valence-electron chi connectivity index (χ3n) is 3.49. The second kappa shape index (κ2) is 7.33. The molecular weight excluding hydrogens is 452 g/mol. The van der Waals surface area contributed by atoms with Crippen LogP contribution < -0.4 is 15.8 Å². The quantitative estimate of drug-likeness (QED) is 0.511. The lowest BCUT2D eigenvalue weighted by Crippen LogP contribution is -2.12. The zero-order chi connectivity index (χ0) is 18.0. The lowest BCUT2D eigenvalue weighted by atomic mass is 10.2. The van der Waals surface area contributed by atoms with Crippen molar-refractivity contribution in [2.24, 2.45) is 0 Å². The molecule has 2 aromatic carbocycles. The van der Waals surface area contributed by atoms with Crippen molar-refractivity contribution >= 4 is 49.1 Å². The van der Waals surface area contributed by atoms with Gasteiger partial charge in [0, 0.05) is 26.3 Å². The number of anilines is 2. The number of carbonyl (C=O) groups excluding carboxylic acids is 1. The van der Waals surface area contributed by atoms with Crippen molar-refractivity contribution in [2.45, 2.75) is 0 Å². The zero-order valence-corrected chi connectivity index (χ0v) is 16.3. The molecule has 0 aliphatic heterocycles. The molecule has 7 heteroatoms. The second-order valence-electron chi connectivity index (χ2n) is 5.20. The summed E-state index contributed by atoms with van der Waals surface area (Å²) in [6.07, 6.45) is 0. The number of methoxy groups -OCH3 is 1. The van der Waals surface area contributed by atoms with Gasteiger partial charge in [-0.2, -0.15) is 0 Å². The Morgan fingerprint density at radius 3 is 2.52 bits per heavy atom. The van der Waals surface area contributed by atoms with Crippen LogP contribution in [0.3, 0.4) is 0 Å². The Balaban J connectivity index is 1.84. The number of carbonyl (C=O) groups is 1. The van der Waals surface area contributed by atoms with Crippen molar-refractivity contribution in [3.8, 4) is 17.1 Å². The van der Waals surface area contributed by atoms with Gasteiger partial charge in [-0.3, -0.25) is 4.79 Å². The first-order chi connectivity index (χ1) is 12.0. The van der Waals surface area contributed by atoms with Crippen molar-refractivity contribution in [1.82, 2.24) is 0 Å². The van der Waals surface area contributed by atoms with Gasteiger partial charge in [-0.15, -0.1) is 0 Å². The number of halogens is 2. The van der Waals surface area contributed by atoms with Crippen LogP contribution in [-0.4, -0.2) is 13.0 Å². The predicted octanol–water partition coefficient (Wildman–Crippen LogP) is 5.31. The van der Waals surface area contributed by atoms with E-state index in [-0.39, 0.29) is 11.7 Å². The molecule has 0 aliphatic carbocycles. The molecule has 0 unspecified atom stereocenters. The number of benzene rings is 2. The Labute approximate surface area is 161 Å². The average Bonchev–Trinajstić information content (AvgIpc) is 3.07. The van der Waals surface area contributed by atoms with E-state index >= 15 is 0 Å². The topological polar surface area (TPSA) is 77.5 Å². The molecule has 0 saturated heterocycles. The summed E-state index contributed by atoms with van der Waals surface area (Å²) in [5.74, 6) is 0.886. The van der Waals surface area contributed by atoms with Gasteiger partial charge in [-0.25, -0.2) is 0 Å². The van der Waals surface area contributed by atoms with Gasteiger partial charge >= 0.3 is 0 Å². The van der Waals surface area contributed by atoms with Gasteiger partial charge in [0.2, 0.25) is 0 Å². The summed E-state index contributed by atoms with van der Waals surface area (Å²) >= 11 is 6.77. The summed E-state index contributed by atoms with van der Waals surface area (Å²) in [7, 11) is 1.51. The molecule has 3 rings (SSSR count). The van der Waals surface area contributed by atoms with E-state index in [2.05, 4.69) is 37.2 Å². The fourth-order valence-corrected chi connectivity index (χ4v) is 3.11. The van der Waals surface area contributed by atoms with Crippen LogP contribution in [0.5, 0.6) is 5.75 Å². The van der Waals surface area contributed by atoms with Gasteiger partial charge in [-0.05, 0) is 46.3 Å². The normalized spacial score (nSPS) is 10.5. The second-order valence-corrected chi connectivity index (χ2v) is 6.97. The number of nitrogen functional groups attached to an aromatic ring is 1. The molecule has 1 amide bonds. The van der Waals surface area contributed by atoms with E-state index in [0.717, 1.165) is 10.0 Å². The van der Waals surface area contributed by atoms with Gasteiger partial charge in [0.05, 0.1) is 12.8 Å². The lowest BCUT2D eigenvalue weighted by molar-refractivity contribution is 0.0997. The molecule has 0 saturated carbocycles. The molecule has 5 nitrogen and oxygen atoms in total. The van der Waals surface area contributed by atoms with E-state index in [1.165, 1.54) is 7.11 Å². The van der Waals surface area contributed by atoms with Crippen molar-refractivity contribution in [3.05, 3.63) is 63.2 Å². The first-order valence-electron chi connectivity index (χ1n) is 7.28. The highest BCUT2D eigenvalue weighted by molar-refractivity contribution is 9.10. The number of nitrogens with two attached hydrogens (primary N) is 1. The fraction of sp³-hybridized carbons (Fsp3) is 0.0556. The fourth-order valence-electron chi connectivity index (χ4n) is 2.29. The maximum absolute atomic E-state index is 12.5. The van der Waals surface area contributed by atoms with Crippen LogP contribution in [-0.2, 0) is 0 Å². The SMILES string of the molecule is COc1cc(N)cc(Br)c1NC(=O)c1ccc(-c2ccc(Br)cc2)o1. The number of hydrogen-bond acceptors (Lipinski definition) is 4. The van der Waals surface area contributed by atoms with Crippen LogP contribution >= 0.6 is 31.9 Å². The maximum Gasteiger partial charge on any atom is 0.291 e. The number of furan rings is 1. The summed E-state index contributed by atoms with van der Waals surface area (Å²) in [5.41, 5.74) is 7.68. The monoisotopic (exact) mass is 464 g/mol. The first kappa shape index (κ1) is 17.6. The van der Waals surface area contributed by atoms with Crippen LogP contribution in [0, 0.1) is 0 Å². The zero-order valence-electron chi connectivity index (χ0n) is 13.2. The Morgan fingerprint density at radius 1 is 1.12 bits per heavy atom. The molecule has 0 atom stereocenters. The summed E-state index contributed by atoms with van der Waals surface area (Å²) in [5, 5.41) is 2.78. The Kier molecular flexibility index (Phi) is 5.15. The van der Waals surface area contributed by atoms with Gasteiger partial charge in [0.25, 0.3) is 5.91 Å². The molecule has 1 heterocycles. The van der Waals surface area contributed by atoms with Gasteiger partial charge in [0.1, 0.15) is 11.5 Å². The minimum absolute atomic E-state index is 0.198. The van der Waals surface area contributed by atoms with Gasteiger partial charge in [0.15, 0.2) is 5.76 Å². The molecule has 0 aliphatic rings. The van der Waals surface area contributed by atoms with Crippen molar-refractivity contribution in [3.63, 3.8) is 0 Å². The smallest absolute Gasteiger partial charge is 0.291 e.